The quantitative estimate of drug-likeness (QED) is 0.441. The number of carboxylic acids is 1. The Balaban J connectivity index is 2.08. The van der Waals surface area contributed by atoms with Crippen LogP contribution in [0.15, 0.2) is 41.2 Å². The van der Waals surface area contributed by atoms with E-state index in [0.29, 0.717) is 17.8 Å². The lowest BCUT2D eigenvalue weighted by Gasteiger charge is -2.25. The molecule has 1 aromatic rings. The number of carbonyl (C=O) groups is 2. The lowest BCUT2D eigenvalue weighted by Crippen LogP contribution is -2.44. The third-order valence-corrected chi connectivity index (χ3v) is 4.26. The molecule has 1 aliphatic rings. The van der Waals surface area contributed by atoms with Crippen molar-refractivity contribution in [3.63, 3.8) is 0 Å². The Bertz CT molecular complexity index is 714. The molecule has 1 aromatic carbocycles. The summed E-state index contributed by atoms with van der Waals surface area (Å²) in [4.78, 5) is 27.9. The smallest absolute Gasteiger partial charge is 0.360 e. The maximum atomic E-state index is 12.5. The third-order valence-electron chi connectivity index (χ3n) is 4.26. The van der Waals surface area contributed by atoms with E-state index in [1.807, 2.05) is 0 Å². The number of hydrogen-bond acceptors (Lipinski definition) is 4. The van der Waals surface area contributed by atoms with Crippen molar-refractivity contribution >= 4 is 23.9 Å². The van der Waals surface area contributed by atoms with Crippen LogP contribution in [0.5, 0.6) is 0 Å². The van der Waals surface area contributed by atoms with Crippen LogP contribution in [0.3, 0.4) is 0 Å². The molecule has 7 heteroatoms. The van der Waals surface area contributed by atoms with E-state index in [9.17, 15) is 19.8 Å². The van der Waals surface area contributed by atoms with Crippen LogP contribution in [0.25, 0.3) is 0 Å². The highest BCUT2D eigenvalue weighted by atomic mass is 16.4. The summed E-state index contributed by atoms with van der Waals surface area (Å²) in [5.74, 6) is -1.32. The highest BCUT2D eigenvalue weighted by molar-refractivity contribution is 6.04. The normalized spacial score (nSPS) is 18.6. The molecule has 0 aromatic heterocycles. The van der Waals surface area contributed by atoms with Gasteiger partial charge in [-0.3, -0.25) is 4.79 Å². The van der Waals surface area contributed by atoms with E-state index < -0.39 is 11.9 Å². The zero-order valence-electron chi connectivity index (χ0n) is 15.0. The van der Waals surface area contributed by atoms with Gasteiger partial charge in [-0.25, -0.2) is 9.28 Å². The summed E-state index contributed by atoms with van der Waals surface area (Å²) in [5, 5.41) is 21.1. The standard InChI is InChI=1S/C19H25N3O4/c1-2-3-4-5-9-22(12-18(24)25)11-17(20-14-22)19(26)21-16-8-6-7-15(10-16)13-23/h6-8,10-11,14,23H,2-5,9,12-13H2,1H3,(H-,21,24,25,26)/p+1. The second kappa shape index (κ2) is 9.26. The number of hydrogen-bond donors (Lipinski definition) is 3. The molecule has 1 heterocycles. The molecule has 140 valence electrons. The van der Waals surface area contributed by atoms with Crippen molar-refractivity contribution in [1.82, 2.24) is 0 Å². The summed E-state index contributed by atoms with van der Waals surface area (Å²) >= 11 is 0. The molecule has 26 heavy (non-hydrogen) atoms. The van der Waals surface area contributed by atoms with Crippen LogP contribution in [0.1, 0.15) is 38.2 Å². The summed E-state index contributed by atoms with van der Waals surface area (Å²) in [6, 6.07) is 6.90. The average Bonchev–Trinajstić information content (AvgIpc) is 3.02. The lowest BCUT2D eigenvalue weighted by atomic mass is 10.2. The zero-order valence-corrected chi connectivity index (χ0v) is 15.0. The number of nitrogens with zero attached hydrogens (tertiary/aromatic N) is 2. The summed E-state index contributed by atoms with van der Waals surface area (Å²) in [7, 11) is 0. The fourth-order valence-corrected chi connectivity index (χ4v) is 2.92. The molecule has 2 rings (SSSR count). The first-order valence-corrected chi connectivity index (χ1v) is 8.85. The summed E-state index contributed by atoms with van der Waals surface area (Å²) in [6.07, 6.45) is 7.25. The van der Waals surface area contributed by atoms with E-state index in [2.05, 4.69) is 17.2 Å². The SMILES string of the molecule is CCCCCC[N+]1(CC(=O)O)C=NC(C(=O)Nc2cccc(CO)c2)=C1. The number of rotatable bonds is 10. The molecule has 0 spiro atoms. The highest BCUT2D eigenvalue weighted by Gasteiger charge is 2.34. The largest absolute Gasteiger partial charge is 0.477 e. The van der Waals surface area contributed by atoms with Crippen molar-refractivity contribution in [2.45, 2.75) is 39.2 Å². The van der Waals surface area contributed by atoms with Crippen molar-refractivity contribution in [3.8, 4) is 0 Å². The van der Waals surface area contributed by atoms with Crippen molar-refractivity contribution in [3.05, 3.63) is 41.7 Å². The number of carbonyl (C=O) groups excluding carboxylic acids is 1. The van der Waals surface area contributed by atoms with Crippen molar-refractivity contribution < 1.29 is 24.3 Å². The van der Waals surface area contributed by atoms with Crippen molar-refractivity contribution in [2.24, 2.45) is 4.99 Å². The summed E-state index contributed by atoms with van der Waals surface area (Å²) in [5.41, 5.74) is 1.46. The number of aliphatic hydroxyl groups is 1. The van der Waals surface area contributed by atoms with Crippen LogP contribution in [-0.4, -0.2) is 46.0 Å². The predicted molar refractivity (Wildman–Crippen MR) is 99.3 cm³/mol. The molecule has 0 aliphatic carbocycles. The number of quaternary nitrogens is 1. The number of aliphatic hydroxyl groups excluding tert-OH is 1. The molecule has 1 atom stereocenters. The number of anilines is 1. The molecule has 7 nitrogen and oxygen atoms in total. The molecule has 0 bridgehead atoms. The summed E-state index contributed by atoms with van der Waals surface area (Å²) in [6.45, 7) is 2.48. The van der Waals surface area contributed by atoms with E-state index in [1.165, 1.54) is 0 Å². The van der Waals surface area contributed by atoms with E-state index in [0.717, 1.165) is 25.7 Å². The fraction of sp³-hybridized carbons (Fsp3) is 0.421. The maximum absolute atomic E-state index is 12.5. The van der Waals surface area contributed by atoms with E-state index >= 15 is 0 Å². The van der Waals surface area contributed by atoms with Gasteiger partial charge in [0.05, 0.1) is 13.2 Å². The lowest BCUT2D eigenvalue weighted by molar-refractivity contribution is -0.771. The summed E-state index contributed by atoms with van der Waals surface area (Å²) < 4.78 is 0.0540. The minimum atomic E-state index is -0.930. The van der Waals surface area contributed by atoms with Gasteiger partial charge in [0.2, 0.25) is 0 Å². The van der Waals surface area contributed by atoms with Gasteiger partial charge in [-0.05, 0) is 30.5 Å². The molecule has 1 unspecified atom stereocenters. The van der Waals surface area contributed by atoms with Gasteiger partial charge >= 0.3 is 5.97 Å². The molecule has 0 saturated heterocycles. The van der Waals surface area contributed by atoms with Gasteiger partial charge in [-0.2, -0.15) is 4.99 Å². The van der Waals surface area contributed by atoms with Gasteiger partial charge in [-0.15, -0.1) is 0 Å². The van der Waals surface area contributed by atoms with Gasteiger partial charge in [0, 0.05) is 5.69 Å². The predicted octanol–water partition coefficient (Wildman–Crippen LogP) is 2.48. The number of aliphatic imine (C=N–C) groups is 1. The third kappa shape index (κ3) is 5.50. The minimum absolute atomic E-state index is 0.0540. The van der Waals surface area contributed by atoms with Crippen molar-refractivity contribution in [1.29, 1.82) is 0 Å². The minimum Gasteiger partial charge on any atom is -0.477 e. The van der Waals surface area contributed by atoms with Gasteiger partial charge in [0.1, 0.15) is 6.20 Å². The van der Waals surface area contributed by atoms with Gasteiger partial charge < -0.3 is 15.5 Å². The number of benzene rings is 1. The van der Waals surface area contributed by atoms with Gasteiger partial charge in [0.15, 0.2) is 18.6 Å². The number of nitrogens with one attached hydrogen (secondary N) is 1. The Morgan fingerprint density at radius 1 is 1.23 bits per heavy atom. The van der Waals surface area contributed by atoms with Crippen LogP contribution < -0.4 is 5.32 Å². The van der Waals surface area contributed by atoms with Crippen LogP contribution in [0.4, 0.5) is 5.69 Å². The second-order valence-electron chi connectivity index (χ2n) is 6.51. The van der Waals surface area contributed by atoms with E-state index in [-0.39, 0.29) is 23.3 Å². The molecule has 0 saturated carbocycles. The number of amides is 1. The van der Waals surface area contributed by atoms with E-state index in [1.54, 1.807) is 36.8 Å². The first-order chi connectivity index (χ1) is 12.5. The molecule has 0 fully saturated rings. The molecule has 0 radical (unpaired) electrons. The molecular weight excluding hydrogens is 334 g/mol. The Morgan fingerprint density at radius 2 is 2.04 bits per heavy atom. The second-order valence-corrected chi connectivity index (χ2v) is 6.51. The molecule has 1 amide bonds. The monoisotopic (exact) mass is 360 g/mol. The first-order valence-electron chi connectivity index (χ1n) is 8.85. The fourth-order valence-electron chi connectivity index (χ4n) is 2.92. The Labute approximate surface area is 153 Å². The molecular formula is C19H26N3O4+. The van der Waals surface area contributed by atoms with Crippen LogP contribution >= 0.6 is 0 Å². The van der Waals surface area contributed by atoms with Gasteiger partial charge in [-0.1, -0.05) is 31.9 Å². The highest BCUT2D eigenvalue weighted by Crippen LogP contribution is 2.21. The first kappa shape index (κ1) is 19.8. The van der Waals surface area contributed by atoms with E-state index in [4.69, 9.17) is 0 Å². The van der Waals surface area contributed by atoms with Gasteiger partial charge in [0.25, 0.3) is 5.91 Å². The molecule has 3 N–H and O–H groups in total. The maximum Gasteiger partial charge on any atom is 0.360 e. The Kier molecular flexibility index (Phi) is 7.06. The number of unbranched alkanes of at least 4 members (excludes halogenated alkanes) is 3. The number of carboxylic acid groups (broad SMARTS) is 1. The zero-order chi connectivity index (χ0) is 19.0. The van der Waals surface area contributed by atoms with Crippen LogP contribution in [0, 0.1) is 0 Å². The van der Waals surface area contributed by atoms with Crippen LogP contribution in [0.2, 0.25) is 0 Å². The topological polar surface area (TPSA) is 99.0 Å². The van der Waals surface area contributed by atoms with Crippen LogP contribution in [-0.2, 0) is 16.2 Å². The van der Waals surface area contributed by atoms with Crippen molar-refractivity contribution in [2.75, 3.05) is 18.4 Å². The average molecular weight is 360 g/mol. The Morgan fingerprint density at radius 3 is 2.73 bits per heavy atom. The Hall–Kier alpha value is -2.51. The number of aliphatic carboxylic acids is 1. The molecule has 1 aliphatic heterocycles.